The van der Waals surface area contributed by atoms with Gasteiger partial charge in [0.05, 0.1) is 27.4 Å². The van der Waals surface area contributed by atoms with Crippen LogP contribution in [0.2, 0.25) is 0 Å². The van der Waals surface area contributed by atoms with E-state index in [4.69, 9.17) is 14.2 Å². The van der Waals surface area contributed by atoms with Gasteiger partial charge in [0, 0.05) is 44.3 Å². The largest absolute Gasteiger partial charge is 0.493 e. The highest BCUT2D eigenvalue weighted by molar-refractivity contribution is 5.79. The summed E-state index contributed by atoms with van der Waals surface area (Å²) in [4.78, 5) is 6.77. The van der Waals surface area contributed by atoms with Crippen molar-refractivity contribution in [2.45, 2.75) is 25.9 Å². The second kappa shape index (κ2) is 9.64. The molecule has 1 heterocycles. The molecule has 0 aliphatic carbocycles. The van der Waals surface area contributed by atoms with E-state index in [2.05, 4.69) is 34.4 Å². The second-order valence-corrected chi connectivity index (χ2v) is 6.84. The molecule has 0 amide bonds. The molecule has 0 bridgehead atoms. The number of guanidine groups is 1. The van der Waals surface area contributed by atoms with Crippen LogP contribution >= 0.6 is 0 Å². The van der Waals surface area contributed by atoms with Crippen molar-refractivity contribution in [3.8, 4) is 11.5 Å². The van der Waals surface area contributed by atoms with E-state index in [-0.39, 0.29) is 5.54 Å². The van der Waals surface area contributed by atoms with E-state index in [0.717, 1.165) is 55.9 Å². The fraction of sp³-hybridized carbons (Fsp3) is 0.632. The number of ether oxygens (including phenoxy) is 3. The Balaban J connectivity index is 1.92. The predicted octanol–water partition coefficient (Wildman–Crippen LogP) is 1.48. The van der Waals surface area contributed by atoms with E-state index in [9.17, 15) is 0 Å². The highest BCUT2D eigenvalue weighted by Gasteiger charge is 2.28. The summed E-state index contributed by atoms with van der Waals surface area (Å²) in [7, 11) is 5.07. The third-order valence-electron chi connectivity index (χ3n) is 4.71. The molecule has 0 spiro atoms. The molecule has 1 aromatic carbocycles. The molecular formula is C19H32N4O3. The van der Waals surface area contributed by atoms with Gasteiger partial charge < -0.3 is 24.8 Å². The number of nitrogens with zero attached hydrogens (tertiary/aromatic N) is 2. The number of benzene rings is 1. The van der Waals surface area contributed by atoms with Gasteiger partial charge in [0.1, 0.15) is 0 Å². The Morgan fingerprint density at radius 3 is 2.54 bits per heavy atom. The van der Waals surface area contributed by atoms with Gasteiger partial charge in [-0.25, -0.2) is 0 Å². The quantitative estimate of drug-likeness (QED) is 0.564. The van der Waals surface area contributed by atoms with Crippen LogP contribution in [0.3, 0.4) is 0 Å². The molecule has 1 aromatic rings. The first-order valence-electron chi connectivity index (χ1n) is 8.99. The van der Waals surface area contributed by atoms with Crippen molar-refractivity contribution in [2.75, 3.05) is 54.1 Å². The Labute approximate surface area is 156 Å². The van der Waals surface area contributed by atoms with Crippen LogP contribution in [0.1, 0.15) is 19.4 Å². The lowest BCUT2D eigenvalue weighted by molar-refractivity contribution is -0.00834. The molecule has 7 nitrogen and oxygen atoms in total. The van der Waals surface area contributed by atoms with Crippen molar-refractivity contribution >= 4 is 5.96 Å². The number of aliphatic imine (C=N–C) groups is 1. The minimum atomic E-state index is 0.0229. The van der Waals surface area contributed by atoms with Crippen LogP contribution < -0.4 is 20.1 Å². The smallest absolute Gasteiger partial charge is 0.191 e. The zero-order valence-electron chi connectivity index (χ0n) is 16.6. The van der Waals surface area contributed by atoms with E-state index in [1.807, 2.05) is 18.2 Å². The number of rotatable bonds is 7. The molecule has 1 aliphatic heterocycles. The van der Waals surface area contributed by atoms with Crippen LogP contribution in [-0.4, -0.2) is 70.5 Å². The molecule has 146 valence electrons. The van der Waals surface area contributed by atoms with Crippen molar-refractivity contribution < 1.29 is 14.2 Å². The van der Waals surface area contributed by atoms with Crippen LogP contribution in [0, 0.1) is 0 Å². The molecule has 2 N–H and O–H groups in total. The summed E-state index contributed by atoms with van der Waals surface area (Å²) < 4.78 is 16.3. The molecule has 1 fully saturated rings. The summed E-state index contributed by atoms with van der Waals surface area (Å²) in [5.41, 5.74) is 1.04. The van der Waals surface area contributed by atoms with Gasteiger partial charge in [0.25, 0.3) is 0 Å². The number of nitrogens with one attached hydrogen (secondary N) is 2. The maximum absolute atomic E-state index is 5.48. The third-order valence-corrected chi connectivity index (χ3v) is 4.71. The zero-order valence-corrected chi connectivity index (χ0v) is 16.6. The fourth-order valence-electron chi connectivity index (χ4n) is 3.07. The molecule has 0 atom stereocenters. The summed E-state index contributed by atoms with van der Waals surface area (Å²) in [5.74, 6) is 2.23. The van der Waals surface area contributed by atoms with Crippen LogP contribution in [0.5, 0.6) is 11.5 Å². The van der Waals surface area contributed by atoms with Crippen molar-refractivity contribution in [3.05, 3.63) is 23.8 Å². The monoisotopic (exact) mass is 364 g/mol. The Kier molecular flexibility index (Phi) is 7.53. The van der Waals surface area contributed by atoms with Crippen LogP contribution in [0.25, 0.3) is 0 Å². The summed E-state index contributed by atoms with van der Waals surface area (Å²) in [5, 5.41) is 6.78. The number of hydrogen-bond acceptors (Lipinski definition) is 5. The maximum atomic E-state index is 5.48. The van der Waals surface area contributed by atoms with Crippen molar-refractivity contribution in [1.29, 1.82) is 0 Å². The second-order valence-electron chi connectivity index (χ2n) is 6.84. The van der Waals surface area contributed by atoms with E-state index in [1.165, 1.54) is 0 Å². The summed E-state index contributed by atoms with van der Waals surface area (Å²) in [6, 6.07) is 5.86. The van der Waals surface area contributed by atoms with Crippen LogP contribution in [-0.2, 0) is 11.3 Å². The SMILES string of the molecule is CN=C(NCc1cccc(OC)c1OC)NCC(C)(C)N1CCOCC1. The van der Waals surface area contributed by atoms with Gasteiger partial charge in [-0.05, 0) is 19.9 Å². The lowest BCUT2D eigenvalue weighted by Gasteiger charge is -2.41. The van der Waals surface area contributed by atoms with Crippen molar-refractivity contribution in [1.82, 2.24) is 15.5 Å². The first-order chi connectivity index (χ1) is 12.5. The van der Waals surface area contributed by atoms with Gasteiger partial charge in [-0.2, -0.15) is 0 Å². The number of methoxy groups -OCH3 is 2. The van der Waals surface area contributed by atoms with Gasteiger partial charge >= 0.3 is 0 Å². The lowest BCUT2D eigenvalue weighted by Crippen LogP contribution is -2.56. The average molecular weight is 364 g/mol. The zero-order chi connectivity index (χ0) is 19.0. The highest BCUT2D eigenvalue weighted by atomic mass is 16.5. The highest BCUT2D eigenvalue weighted by Crippen LogP contribution is 2.30. The summed E-state index contributed by atoms with van der Waals surface area (Å²) >= 11 is 0. The maximum Gasteiger partial charge on any atom is 0.191 e. The van der Waals surface area contributed by atoms with Gasteiger partial charge in [-0.3, -0.25) is 9.89 Å². The van der Waals surface area contributed by atoms with Gasteiger partial charge in [0.15, 0.2) is 17.5 Å². The number of para-hydroxylation sites is 1. The topological polar surface area (TPSA) is 67.4 Å². The van der Waals surface area contributed by atoms with Crippen molar-refractivity contribution in [3.63, 3.8) is 0 Å². The Morgan fingerprint density at radius 2 is 1.92 bits per heavy atom. The van der Waals surface area contributed by atoms with Gasteiger partial charge in [0.2, 0.25) is 0 Å². The molecule has 0 radical (unpaired) electrons. The molecule has 0 unspecified atom stereocenters. The number of morpholine rings is 1. The van der Waals surface area contributed by atoms with E-state index in [0.29, 0.717) is 6.54 Å². The van der Waals surface area contributed by atoms with E-state index in [1.54, 1.807) is 21.3 Å². The molecule has 2 rings (SSSR count). The minimum absolute atomic E-state index is 0.0229. The molecule has 7 heteroatoms. The first kappa shape index (κ1) is 20.3. The standard InChI is InChI=1S/C19H32N4O3/c1-19(2,23-9-11-26-12-10-23)14-22-18(20-3)21-13-15-7-6-8-16(24-4)17(15)25-5/h6-8H,9-14H2,1-5H3,(H2,20,21,22). The Hall–Kier alpha value is -1.99. The molecule has 0 saturated carbocycles. The van der Waals surface area contributed by atoms with Crippen molar-refractivity contribution in [2.24, 2.45) is 4.99 Å². The Bertz CT molecular complexity index is 598. The molecule has 26 heavy (non-hydrogen) atoms. The third kappa shape index (κ3) is 5.25. The number of hydrogen-bond donors (Lipinski definition) is 2. The van der Waals surface area contributed by atoms with Crippen LogP contribution in [0.4, 0.5) is 0 Å². The minimum Gasteiger partial charge on any atom is -0.493 e. The molecule has 1 aliphatic rings. The predicted molar refractivity (Wildman–Crippen MR) is 104 cm³/mol. The van der Waals surface area contributed by atoms with Crippen LogP contribution in [0.15, 0.2) is 23.2 Å². The first-order valence-corrected chi connectivity index (χ1v) is 8.99. The van der Waals surface area contributed by atoms with E-state index >= 15 is 0 Å². The normalized spacial score (nSPS) is 16.3. The molecular weight excluding hydrogens is 332 g/mol. The van der Waals surface area contributed by atoms with Gasteiger partial charge in [-0.15, -0.1) is 0 Å². The van der Waals surface area contributed by atoms with E-state index < -0.39 is 0 Å². The summed E-state index contributed by atoms with van der Waals surface area (Å²) in [6.07, 6.45) is 0. The fourth-order valence-corrected chi connectivity index (χ4v) is 3.07. The Morgan fingerprint density at radius 1 is 1.19 bits per heavy atom. The lowest BCUT2D eigenvalue weighted by atomic mass is 10.0. The molecule has 1 saturated heterocycles. The average Bonchev–Trinajstić information content (AvgIpc) is 2.68. The van der Waals surface area contributed by atoms with Gasteiger partial charge in [-0.1, -0.05) is 12.1 Å². The summed E-state index contributed by atoms with van der Waals surface area (Å²) in [6.45, 7) is 9.38. The molecule has 0 aromatic heterocycles.